The molecule has 0 bridgehead atoms. The highest BCUT2D eigenvalue weighted by Crippen LogP contribution is 2.11. The van der Waals surface area contributed by atoms with Gasteiger partial charge in [-0.15, -0.1) is 0 Å². The minimum Gasteiger partial charge on any atom is -0.271 e. The minimum absolute atomic E-state index is 0.136. The van der Waals surface area contributed by atoms with Crippen molar-refractivity contribution in [3.8, 4) is 0 Å². The van der Waals surface area contributed by atoms with E-state index in [1.807, 2.05) is 0 Å². The van der Waals surface area contributed by atoms with Crippen LogP contribution in [0.1, 0.15) is 0 Å². The Morgan fingerprint density at radius 2 is 1.67 bits per heavy atom. The number of thiol groups is 1. The van der Waals surface area contributed by atoms with Gasteiger partial charge < -0.3 is 0 Å². The maximum Gasteiger partial charge on any atom is 0.298 e. The van der Waals surface area contributed by atoms with Gasteiger partial charge in [0.25, 0.3) is 10.2 Å². The molecule has 15 heavy (non-hydrogen) atoms. The molecule has 0 fully saturated rings. The van der Waals surface area contributed by atoms with Crippen LogP contribution in [-0.2, 0) is 20.9 Å². The van der Waals surface area contributed by atoms with Crippen LogP contribution in [0.5, 0.6) is 0 Å². The van der Waals surface area contributed by atoms with Crippen LogP contribution < -0.4 is 9.44 Å². The molecule has 0 amide bonds. The molecule has 8 heteroatoms. The first kappa shape index (κ1) is 12.0. The van der Waals surface area contributed by atoms with Gasteiger partial charge in [0, 0.05) is 12.7 Å². The molecule has 0 unspecified atom stereocenters. The van der Waals surface area contributed by atoms with E-state index >= 15 is 0 Å². The molecule has 0 heterocycles. The van der Waals surface area contributed by atoms with Crippen molar-refractivity contribution in [1.82, 2.24) is 4.72 Å². The van der Waals surface area contributed by atoms with Crippen LogP contribution in [0.25, 0.3) is 0 Å². The molecule has 0 aromatic heterocycles. The predicted molar refractivity (Wildman–Crippen MR) is 56.6 cm³/mol. The van der Waals surface area contributed by atoms with E-state index in [2.05, 4.69) is 9.44 Å². The zero-order chi connectivity index (χ0) is 11.5. The summed E-state index contributed by atoms with van der Waals surface area (Å²) in [6.07, 6.45) is 0. The van der Waals surface area contributed by atoms with Gasteiger partial charge in [-0.1, -0.05) is 0 Å². The van der Waals surface area contributed by atoms with Gasteiger partial charge in [0.15, 0.2) is 10.7 Å². The van der Waals surface area contributed by atoms with Crippen molar-refractivity contribution >= 4 is 26.6 Å². The lowest BCUT2D eigenvalue weighted by Gasteiger charge is -2.05. The summed E-state index contributed by atoms with van der Waals surface area (Å²) < 4.78 is 47.4. The normalized spacial score (nSPS) is 11.6. The van der Waals surface area contributed by atoms with Crippen LogP contribution in [0.3, 0.4) is 0 Å². The van der Waals surface area contributed by atoms with E-state index in [0.29, 0.717) is 5.69 Å². The van der Waals surface area contributed by atoms with Gasteiger partial charge in [0.1, 0.15) is 0 Å². The molecule has 0 aliphatic rings. The average Bonchev–Trinajstić information content (AvgIpc) is 2.18. The van der Waals surface area contributed by atoms with E-state index < -0.39 is 20.9 Å². The molecule has 0 saturated carbocycles. The first-order valence-corrected chi connectivity index (χ1v) is 6.56. The summed E-state index contributed by atoms with van der Waals surface area (Å²) >= 11 is 0. The highest BCUT2D eigenvalue weighted by molar-refractivity contribution is 7.90. The van der Waals surface area contributed by atoms with E-state index in [0.717, 1.165) is 0 Å². The Hall–Kier alpha value is -1.12. The third kappa shape index (κ3) is 3.50. The van der Waals surface area contributed by atoms with Gasteiger partial charge in [0.2, 0.25) is 0 Å². The van der Waals surface area contributed by atoms with Gasteiger partial charge in [-0.25, -0.2) is 13.1 Å². The molecule has 0 aliphatic carbocycles. The van der Waals surface area contributed by atoms with Crippen LogP contribution in [0.15, 0.2) is 29.2 Å². The molecule has 0 atom stereocenters. The van der Waals surface area contributed by atoms with Gasteiger partial charge in [-0.2, -0.15) is 8.42 Å². The first-order chi connectivity index (χ1) is 6.94. The van der Waals surface area contributed by atoms with Crippen LogP contribution >= 0.6 is 0 Å². The molecule has 6 nitrogen and oxygen atoms in total. The largest absolute Gasteiger partial charge is 0.298 e. The second-order valence-corrected chi connectivity index (χ2v) is 5.26. The lowest BCUT2D eigenvalue weighted by atomic mass is 10.3. The first-order valence-electron chi connectivity index (χ1n) is 3.90. The summed E-state index contributed by atoms with van der Waals surface area (Å²) in [6, 6.07) is 5.38. The third-order valence-corrected chi connectivity index (χ3v) is 3.36. The molecule has 0 spiro atoms. The Bertz CT molecular complexity index is 496. The number of hydrogen-bond acceptors (Lipinski definition) is 4. The van der Waals surface area contributed by atoms with E-state index in [1.54, 1.807) is 0 Å². The Balaban J connectivity index is 2.91. The second kappa shape index (κ2) is 4.60. The quantitative estimate of drug-likeness (QED) is 0.630. The zero-order valence-electron chi connectivity index (χ0n) is 7.80. The fourth-order valence-corrected chi connectivity index (χ4v) is 1.80. The molecule has 0 saturated heterocycles. The van der Waals surface area contributed by atoms with Crippen molar-refractivity contribution in [2.24, 2.45) is 0 Å². The van der Waals surface area contributed by atoms with Gasteiger partial charge in [-0.05, 0) is 24.3 Å². The maximum atomic E-state index is 11.0. The van der Waals surface area contributed by atoms with Crippen molar-refractivity contribution in [3.63, 3.8) is 0 Å². The van der Waals surface area contributed by atoms with Crippen LogP contribution in [0, 0.1) is 0 Å². The highest BCUT2D eigenvalue weighted by Gasteiger charge is 2.05. The Morgan fingerprint density at radius 3 is 2.07 bits per heavy atom. The van der Waals surface area contributed by atoms with Crippen LogP contribution in [0.4, 0.5) is 5.69 Å². The second-order valence-electron chi connectivity index (χ2n) is 2.61. The number of nitrogens with one attached hydrogen (secondary N) is 2. The highest BCUT2D eigenvalue weighted by atomic mass is 32.2. The lowest BCUT2D eigenvalue weighted by Crippen LogP contribution is -2.26. The fraction of sp³-hybridized carbons (Fsp3) is 0.143. The van der Waals surface area contributed by atoms with Gasteiger partial charge in [0.05, 0.1) is 4.90 Å². The summed E-state index contributed by atoms with van der Waals surface area (Å²) in [7, 11) is -4.93. The molecule has 1 aromatic rings. The predicted octanol–water partition coefficient (Wildman–Crippen LogP) is -0.467. The topological polar surface area (TPSA) is 92.3 Å². The zero-order valence-corrected chi connectivity index (χ0v) is 9.51. The van der Waals surface area contributed by atoms with Crippen LogP contribution in [0.2, 0.25) is 0 Å². The molecule has 1 aromatic carbocycles. The molecule has 0 aliphatic heterocycles. The summed E-state index contributed by atoms with van der Waals surface area (Å²) in [5.74, 6) is 0. The molecule has 84 valence electrons. The fourth-order valence-electron chi connectivity index (χ4n) is 0.857. The van der Waals surface area contributed by atoms with Crippen LogP contribution in [-0.4, -0.2) is 23.9 Å². The minimum atomic E-state index is -3.56. The summed E-state index contributed by atoms with van der Waals surface area (Å²) in [6.45, 7) is 0. The molecule has 0 radical (unpaired) electrons. The standard InChI is InChI=1S/C7H10N2O4S2/c1-8-15(12,13)9-6-2-4-7(5-3-6)14(10)11/h2-5,8-9,14H,1H3. The van der Waals surface area contributed by atoms with Gasteiger partial charge >= 0.3 is 0 Å². The molecule has 1 rings (SSSR count). The Kier molecular flexibility index (Phi) is 3.66. The molecule has 2 N–H and O–H groups in total. The van der Waals surface area contributed by atoms with Crippen molar-refractivity contribution in [3.05, 3.63) is 24.3 Å². The Labute approximate surface area is 89.4 Å². The van der Waals surface area contributed by atoms with E-state index in [-0.39, 0.29) is 4.90 Å². The summed E-state index contributed by atoms with van der Waals surface area (Å²) in [5.41, 5.74) is 0.296. The number of anilines is 1. The van der Waals surface area contributed by atoms with Crippen molar-refractivity contribution in [1.29, 1.82) is 0 Å². The molecular weight excluding hydrogens is 240 g/mol. The monoisotopic (exact) mass is 250 g/mol. The average molecular weight is 250 g/mol. The van der Waals surface area contributed by atoms with Crippen molar-refractivity contribution < 1.29 is 16.8 Å². The Morgan fingerprint density at radius 1 is 1.13 bits per heavy atom. The number of hydrogen-bond donors (Lipinski definition) is 3. The third-order valence-electron chi connectivity index (χ3n) is 1.60. The van der Waals surface area contributed by atoms with Crippen molar-refractivity contribution in [2.75, 3.05) is 11.8 Å². The van der Waals surface area contributed by atoms with Gasteiger partial charge in [-0.3, -0.25) is 4.72 Å². The van der Waals surface area contributed by atoms with E-state index in [9.17, 15) is 16.8 Å². The maximum absolute atomic E-state index is 11.0. The van der Waals surface area contributed by atoms with Crippen molar-refractivity contribution in [2.45, 2.75) is 4.90 Å². The molecular formula is C7H10N2O4S2. The summed E-state index contributed by atoms with van der Waals surface area (Å²) in [4.78, 5) is 0.136. The number of rotatable bonds is 4. The SMILES string of the molecule is CNS(=O)(=O)Nc1ccc([SH](=O)=O)cc1. The lowest BCUT2D eigenvalue weighted by molar-refractivity contribution is 0.593. The number of benzene rings is 1. The van der Waals surface area contributed by atoms with E-state index in [1.165, 1.54) is 31.3 Å². The smallest absolute Gasteiger partial charge is 0.271 e. The summed E-state index contributed by atoms with van der Waals surface area (Å²) in [5, 5.41) is 0. The van der Waals surface area contributed by atoms with E-state index in [4.69, 9.17) is 0 Å².